The number of nitrogens with zero attached hydrogens (tertiary/aromatic N) is 2. The van der Waals surface area contributed by atoms with Crippen LogP contribution in [0.4, 0.5) is 4.79 Å². The topological polar surface area (TPSA) is 23.6 Å². The van der Waals surface area contributed by atoms with Crippen LogP contribution in [0.3, 0.4) is 0 Å². The summed E-state index contributed by atoms with van der Waals surface area (Å²) >= 11 is 0. The molecule has 3 heteroatoms. The number of hydrogen-bond acceptors (Lipinski definition) is 1. The summed E-state index contributed by atoms with van der Waals surface area (Å²) in [5.41, 5.74) is 0. The van der Waals surface area contributed by atoms with Crippen LogP contribution in [0.2, 0.25) is 0 Å². The molecular weight excluding hydrogens is 164 g/mol. The Balaban J connectivity index is 4.34. The Morgan fingerprint density at radius 1 is 1.08 bits per heavy atom. The molecule has 0 rings (SSSR count). The Hall–Kier alpha value is -0.730. The fraction of sp³-hybridized carbons (Fsp3) is 0.900. The lowest BCUT2D eigenvalue weighted by molar-refractivity contribution is 0.147. The van der Waals surface area contributed by atoms with Gasteiger partial charge in [-0.05, 0) is 34.6 Å². The molecule has 0 saturated heterocycles. The van der Waals surface area contributed by atoms with Crippen LogP contribution in [0.5, 0.6) is 0 Å². The molecule has 0 aromatic carbocycles. The highest BCUT2D eigenvalue weighted by Gasteiger charge is 2.18. The van der Waals surface area contributed by atoms with Crippen LogP contribution in [-0.2, 0) is 0 Å². The van der Waals surface area contributed by atoms with E-state index in [-0.39, 0.29) is 12.1 Å². The Kier molecular flexibility index (Phi) is 5.51. The van der Waals surface area contributed by atoms with Gasteiger partial charge in [0.05, 0.1) is 0 Å². The zero-order chi connectivity index (χ0) is 10.4. The van der Waals surface area contributed by atoms with Crippen molar-refractivity contribution in [3.8, 4) is 0 Å². The zero-order valence-electron chi connectivity index (χ0n) is 9.50. The van der Waals surface area contributed by atoms with Crippen molar-refractivity contribution in [2.45, 2.75) is 40.7 Å². The molecule has 0 aromatic rings. The van der Waals surface area contributed by atoms with Crippen molar-refractivity contribution in [1.29, 1.82) is 0 Å². The van der Waals surface area contributed by atoms with Gasteiger partial charge in [-0.25, -0.2) is 4.79 Å². The van der Waals surface area contributed by atoms with Crippen LogP contribution in [0, 0.1) is 0 Å². The lowest BCUT2D eigenvalue weighted by Gasteiger charge is -2.31. The molecule has 0 aromatic heterocycles. The summed E-state index contributed by atoms with van der Waals surface area (Å²) in [4.78, 5) is 15.6. The minimum Gasteiger partial charge on any atom is -0.325 e. The van der Waals surface area contributed by atoms with Gasteiger partial charge in [-0.1, -0.05) is 0 Å². The van der Waals surface area contributed by atoms with Gasteiger partial charge in [0.15, 0.2) is 0 Å². The average Bonchev–Trinajstić information content (AvgIpc) is 2.07. The summed E-state index contributed by atoms with van der Waals surface area (Å²) in [5.74, 6) is 0. The van der Waals surface area contributed by atoms with Gasteiger partial charge >= 0.3 is 6.03 Å². The molecule has 0 spiro atoms. The normalized spacial score (nSPS) is 10.3. The van der Waals surface area contributed by atoms with Crippen molar-refractivity contribution in [1.82, 2.24) is 9.80 Å². The molecule has 0 radical (unpaired) electrons. The molecule has 0 saturated carbocycles. The molecule has 0 N–H and O–H groups in total. The van der Waals surface area contributed by atoms with Crippen LogP contribution in [0.15, 0.2) is 0 Å². The van der Waals surface area contributed by atoms with Crippen LogP contribution in [-0.4, -0.2) is 41.5 Å². The highest BCUT2D eigenvalue weighted by Crippen LogP contribution is 2.03. The Morgan fingerprint density at radius 3 is 1.77 bits per heavy atom. The first-order valence-corrected chi connectivity index (χ1v) is 5.13. The Bertz CT molecular complexity index is 153. The van der Waals surface area contributed by atoms with E-state index in [4.69, 9.17) is 0 Å². The summed E-state index contributed by atoms with van der Waals surface area (Å²) in [5, 5.41) is 0. The number of urea groups is 1. The number of hydrogen-bond donors (Lipinski definition) is 0. The maximum absolute atomic E-state index is 11.8. The maximum Gasteiger partial charge on any atom is 0.320 e. The second-order valence-corrected chi connectivity index (χ2v) is 3.33. The fourth-order valence-electron chi connectivity index (χ4n) is 1.40. The highest BCUT2D eigenvalue weighted by atomic mass is 16.2. The third-order valence-corrected chi connectivity index (χ3v) is 2.24. The molecule has 0 unspecified atom stereocenters. The number of rotatable bonds is 4. The molecule has 0 heterocycles. The standard InChI is InChI=1S/C10H22N2O/c1-6-11(7-2)10(13)12(8-3)9(4)5/h9H,6-8H2,1-5H3. The molecule has 0 aliphatic carbocycles. The third kappa shape index (κ3) is 3.25. The van der Waals surface area contributed by atoms with Crippen molar-refractivity contribution in [3.05, 3.63) is 0 Å². The second-order valence-electron chi connectivity index (χ2n) is 3.33. The third-order valence-electron chi connectivity index (χ3n) is 2.24. The molecule has 0 atom stereocenters. The minimum absolute atomic E-state index is 0.155. The Labute approximate surface area is 81.7 Å². The first-order valence-electron chi connectivity index (χ1n) is 5.13. The van der Waals surface area contributed by atoms with Gasteiger partial charge in [0.2, 0.25) is 0 Å². The van der Waals surface area contributed by atoms with Crippen molar-refractivity contribution >= 4 is 6.03 Å². The molecular formula is C10H22N2O. The zero-order valence-corrected chi connectivity index (χ0v) is 9.50. The second kappa shape index (κ2) is 5.84. The lowest BCUT2D eigenvalue weighted by atomic mass is 10.3. The van der Waals surface area contributed by atoms with Gasteiger partial charge in [-0.2, -0.15) is 0 Å². The first kappa shape index (κ1) is 12.3. The van der Waals surface area contributed by atoms with E-state index in [9.17, 15) is 4.79 Å². The minimum atomic E-state index is 0.155. The summed E-state index contributed by atoms with van der Waals surface area (Å²) in [7, 11) is 0. The average molecular weight is 186 g/mol. The smallest absolute Gasteiger partial charge is 0.320 e. The van der Waals surface area contributed by atoms with Crippen molar-refractivity contribution in [2.75, 3.05) is 19.6 Å². The summed E-state index contributed by atoms with van der Waals surface area (Å²) in [6.45, 7) is 12.5. The summed E-state index contributed by atoms with van der Waals surface area (Å²) in [6, 6.07) is 0.445. The van der Waals surface area contributed by atoms with Crippen molar-refractivity contribution in [3.63, 3.8) is 0 Å². The van der Waals surface area contributed by atoms with Crippen molar-refractivity contribution < 1.29 is 4.79 Å². The van der Waals surface area contributed by atoms with Crippen LogP contribution in [0.25, 0.3) is 0 Å². The van der Waals surface area contributed by atoms with Gasteiger partial charge in [-0.3, -0.25) is 0 Å². The summed E-state index contributed by atoms with van der Waals surface area (Å²) in [6.07, 6.45) is 0. The molecule has 0 bridgehead atoms. The van der Waals surface area contributed by atoms with Gasteiger partial charge in [0.1, 0.15) is 0 Å². The van der Waals surface area contributed by atoms with Crippen molar-refractivity contribution in [2.24, 2.45) is 0 Å². The largest absolute Gasteiger partial charge is 0.325 e. The monoisotopic (exact) mass is 186 g/mol. The van der Waals surface area contributed by atoms with E-state index < -0.39 is 0 Å². The number of carbonyl (C=O) groups is 1. The van der Waals surface area contributed by atoms with E-state index in [1.54, 1.807) is 0 Å². The van der Waals surface area contributed by atoms with E-state index >= 15 is 0 Å². The molecule has 0 aliphatic heterocycles. The van der Waals surface area contributed by atoms with E-state index in [0.29, 0.717) is 0 Å². The molecule has 78 valence electrons. The van der Waals surface area contributed by atoms with Crippen LogP contribution < -0.4 is 0 Å². The predicted octanol–water partition coefficient (Wildman–Crippen LogP) is 2.18. The molecule has 0 aliphatic rings. The maximum atomic E-state index is 11.8. The molecule has 13 heavy (non-hydrogen) atoms. The van der Waals surface area contributed by atoms with Crippen LogP contribution in [0.1, 0.15) is 34.6 Å². The first-order chi connectivity index (χ1) is 6.08. The summed E-state index contributed by atoms with van der Waals surface area (Å²) < 4.78 is 0. The predicted molar refractivity (Wildman–Crippen MR) is 55.8 cm³/mol. The van der Waals surface area contributed by atoms with Crippen LogP contribution >= 0.6 is 0 Å². The molecule has 0 fully saturated rings. The number of amides is 2. The quantitative estimate of drug-likeness (QED) is 0.660. The van der Waals surface area contributed by atoms with Gasteiger partial charge in [-0.15, -0.1) is 0 Å². The van der Waals surface area contributed by atoms with Gasteiger partial charge in [0.25, 0.3) is 0 Å². The fourth-order valence-corrected chi connectivity index (χ4v) is 1.40. The van der Waals surface area contributed by atoms with Gasteiger partial charge < -0.3 is 9.80 Å². The van der Waals surface area contributed by atoms with E-state index in [0.717, 1.165) is 19.6 Å². The van der Waals surface area contributed by atoms with Gasteiger partial charge in [0, 0.05) is 25.7 Å². The van der Waals surface area contributed by atoms with E-state index in [1.165, 1.54) is 0 Å². The molecule has 2 amide bonds. The van der Waals surface area contributed by atoms with E-state index in [2.05, 4.69) is 0 Å². The highest BCUT2D eigenvalue weighted by molar-refractivity contribution is 5.74. The molecule has 3 nitrogen and oxygen atoms in total. The SMILES string of the molecule is CCN(CC)C(=O)N(CC)C(C)C. The Morgan fingerprint density at radius 2 is 1.54 bits per heavy atom. The number of carbonyl (C=O) groups excluding carboxylic acids is 1. The van der Waals surface area contributed by atoms with E-state index in [1.807, 2.05) is 44.4 Å². The lowest BCUT2D eigenvalue weighted by Crippen LogP contribution is -2.46.